The molecule has 0 radical (unpaired) electrons. The molecular formula is C16H26FN3. The average molecular weight is 279 g/mol. The van der Waals surface area contributed by atoms with Crippen molar-refractivity contribution >= 4 is 5.69 Å². The molecule has 0 spiro atoms. The zero-order valence-corrected chi connectivity index (χ0v) is 12.8. The minimum absolute atomic E-state index is 0.124. The highest BCUT2D eigenvalue weighted by Gasteiger charge is 2.20. The fourth-order valence-corrected chi connectivity index (χ4v) is 2.75. The number of nitrogens with two attached hydrogens (primary N) is 1. The molecule has 0 saturated carbocycles. The summed E-state index contributed by atoms with van der Waals surface area (Å²) in [4.78, 5) is 4.59. The van der Waals surface area contributed by atoms with Crippen LogP contribution >= 0.6 is 0 Å². The number of halogens is 1. The van der Waals surface area contributed by atoms with Crippen molar-refractivity contribution in [2.45, 2.75) is 26.8 Å². The molecule has 0 aliphatic carbocycles. The van der Waals surface area contributed by atoms with Gasteiger partial charge in [-0.15, -0.1) is 0 Å². The summed E-state index contributed by atoms with van der Waals surface area (Å²) in [6.07, 6.45) is 0. The Morgan fingerprint density at radius 1 is 1.15 bits per heavy atom. The monoisotopic (exact) mass is 279 g/mol. The summed E-state index contributed by atoms with van der Waals surface area (Å²) < 4.78 is 14.2. The number of rotatable bonds is 4. The van der Waals surface area contributed by atoms with Gasteiger partial charge in [-0.2, -0.15) is 0 Å². The lowest BCUT2D eigenvalue weighted by molar-refractivity contribution is 0.231. The van der Waals surface area contributed by atoms with Gasteiger partial charge in [-0.05, 0) is 30.5 Å². The van der Waals surface area contributed by atoms with Crippen molar-refractivity contribution < 1.29 is 4.39 Å². The molecule has 4 heteroatoms. The van der Waals surface area contributed by atoms with Crippen LogP contribution in [0.1, 0.15) is 32.4 Å². The molecule has 3 nitrogen and oxygen atoms in total. The van der Waals surface area contributed by atoms with Crippen LogP contribution in [0.2, 0.25) is 0 Å². The first-order valence-corrected chi connectivity index (χ1v) is 7.49. The molecular weight excluding hydrogens is 253 g/mol. The van der Waals surface area contributed by atoms with Gasteiger partial charge in [-0.1, -0.05) is 19.9 Å². The standard InChI is InChI=1S/C16H26FN3/c1-12(2)11-19-6-8-20(9-7-19)16-5-4-14(13(3)18)10-15(16)17/h4-5,10,12-13H,6-9,11,18H2,1-3H3/t13-/m1/s1. The lowest BCUT2D eigenvalue weighted by Crippen LogP contribution is -2.47. The van der Waals surface area contributed by atoms with E-state index in [2.05, 4.69) is 23.6 Å². The van der Waals surface area contributed by atoms with E-state index < -0.39 is 0 Å². The highest BCUT2D eigenvalue weighted by molar-refractivity contribution is 5.50. The molecule has 20 heavy (non-hydrogen) atoms. The van der Waals surface area contributed by atoms with Crippen LogP contribution < -0.4 is 10.6 Å². The van der Waals surface area contributed by atoms with E-state index in [1.165, 1.54) is 0 Å². The Morgan fingerprint density at radius 3 is 2.30 bits per heavy atom. The second kappa shape index (κ2) is 6.55. The van der Waals surface area contributed by atoms with Crippen molar-refractivity contribution in [3.63, 3.8) is 0 Å². The maximum Gasteiger partial charge on any atom is 0.146 e. The summed E-state index contributed by atoms with van der Waals surface area (Å²) in [5.41, 5.74) is 7.35. The summed E-state index contributed by atoms with van der Waals surface area (Å²) in [6.45, 7) is 11.3. The molecule has 112 valence electrons. The Hall–Kier alpha value is -1.13. The topological polar surface area (TPSA) is 32.5 Å². The molecule has 1 saturated heterocycles. The predicted octanol–water partition coefficient (Wildman–Crippen LogP) is 2.62. The summed E-state index contributed by atoms with van der Waals surface area (Å²) >= 11 is 0. The van der Waals surface area contributed by atoms with Gasteiger partial charge in [0.05, 0.1) is 5.69 Å². The first-order chi connectivity index (χ1) is 9.47. The van der Waals surface area contributed by atoms with Crippen LogP contribution in [0.4, 0.5) is 10.1 Å². The fourth-order valence-electron chi connectivity index (χ4n) is 2.75. The van der Waals surface area contributed by atoms with Crippen LogP contribution in [0, 0.1) is 11.7 Å². The predicted molar refractivity (Wildman–Crippen MR) is 82.5 cm³/mol. The molecule has 2 N–H and O–H groups in total. The zero-order chi connectivity index (χ0) is 14.7. The van der Waals surface area contributed by atoms with E-state index in [0.717, 1.165) is 38.3 Å². The molecule has 1 fully saturated rings. The van der Waals surface area contributed by atoms with Crippen LogP contribution in [0.15, 0.2) is 18.2 Å². The summed E-state index contributed by atoms with van der Waals surface area (Å²) in [7, 11) is 0. The Labute approximate surface area is 121 Å². The first kappa shape index (κ1) is 15.3. The largest absolute Gasteiger partial charge is 0.367 e. The molecule has 1 aliphatic rings. The number of nitrogens with zero attached hydrogens (tertiary/aromatic N) is 2. The molecule has 0 unspecified atom stereocenters. The van der Waals surface area contributed by atoms with Crippen molar-refractivity contribution in [1.29, 1.82) is 0 Å². The zero-order valence-electron chi connectivity index (χ0n) is 12.8. The number of hydrogen-bond acceptors (Lipinski definition) is 3. The van der Waals surface area contributed by atoms with Gasteiger partial charge in [0.15, 0.2) is 0 Å². The lowest BCUT2D eigenvalue weighted by Gasteiger charge is -2.37. The van der Waals surface area contributed by atoms with Gasteiger partial charge < -0.3 is 10.6 Å². The number of benzene rings is 1. The molecule has 1 heterocycles. The van der Waals surface area contributed by atoms with Crippen molar-refractivity contribution in [1.82, 2.24) is 4.90 Å². The van der Waals surface area contributed by atoms with Crippen molar-refractivity contribution in [3.8, 4) is 0 Å². The third-order valence-electron chi connectivity index (χ3n) is 3.83. The number of anilines is 1. The van der Waals surface area contributed by atoms with Crippen LogP contribution in [0.25, 0.3) is 0 Å². The normalized spacial score (nSPS) is 18.6. The molecule has 1 aromatic rings. The van der Waals surface area contributed by atoms with Crippen molar-refractivity contribution in [2.24, 2.45) is 11.7 Å². The summed E-state index contributed by atoms with van der Waals surface area (Å²) in [6, 6.07) is 5.25. The SMILES string of the molecule is CC(C)CN1CCN(c2ccc([C@@H](C)N)cc2F)CC1. The average Bonchev–Trinajstić information content (AvgIpc) is 2.39. The quantitative estimate of drug-likeness (QED) is 0.919. The second-order valence-electron chi connectivity index (χ2n) is 6.18. The molecule has 0 aromatic heterocycles. The Bertz CT molecular complexity index is 437. The van der Waals surface area contributed by atoms with E-state index in [1.54, 1.807) is 6.07 Å². The van der Waals surface area contributed by atoms with E-state index in [-0.39, 0.29) is 11.9 Å². The first-order valence-electron chi connectivity index (χ1n) is 7.49. The third kappa shape index (κ3) is 3.70. The smallest absolute Gasteiger partial charge is 0.146 e. The Balaban J connectivity index is 2.00. The highest BCUT2D eigenvalue weighted by Crippen LogP contribution is 2.24. The van der Waals surface area contributed by atoms with Gasteiger partial charge in [0.2, 0.25) is 0 Å². The Morgan fingerprint density at radius 2 is 1.80 bits per heavy atom. The van der Waals surface area contributed by atoms with E-state index in [9.17, 15) is 4.39 Å². The highest BCUT2D eigenvalue weighted by atomic mass is 19.1. The number of piperazine rings is 1. The summed E-state index contributed by atoms with van der Waals surface area (Å²) in [5.74, 6) is 0.528. The maximum absolute atomic E-state index is 14.2. The molecule has 2 rings (SSSR count). The Kier molecular flexibility index (Phi) is 5.00. The number of hydrogen-bond donors (Lipinski definition) is 1. The van der Waals surface area contributed by atoms with E-state index in [0.29, 0.717) is 11.6 Å². The van der Waals surface area contributed by atoms with Crippen molar-refractivity contribution in [3.05, 3.63) is 29.6 Å². The lowest BCUT2D eigenvalue weighted by atomic mass is 10.1. The van der Waals surface area contributed by atoms with E-state index >= 15 is 0 Å². The van der Waals surface area contributed by atoms with Gasteiger partial charge in [0.25, 0.3) is 0 Å². The van der Waals surface area contributed by atoms with Gasteiger partial charge in [-0.25, -0.2) is 4.39 Å². The van der Waals surface area contributed by atoms with Crippen LogP contribution in [-0.4, -0.2) is 37.6 Å². The molecule has 1 atom stereocenters. The third-order valence-corrected chi connectivity index (χ3v) is 3.83. The molecule has 1 aliphatic heterocycles. The summed E-state index contributed by atoms with van der Waals surface area (Å²) in [5, 5.41) is 0. The van der Waals surface area contributed by atoms with Gasteiger partial charge >= 0.3 is 0 Å². The van der Waals surface area contributed by atoms with E-state index in [1.807, 2.05) is 19.1 Å². The maximum atomic E-state index is 14.2. The van der Waals surface area contributed by atoms with Crippen molar-refractivity contribution in [2.75, 3.05) is 37.6 Å². The molecule has 0 amide bonds. The minimum atomic E-state index is -0.155. The molecule has 0 bridgehead atoms. The fraction of sp³-hybridized carbons (Fsp3) is 0.625. The molecule has 1 aromatic carbocycles. The van der Waals surface area contributed by atoms with Gasteiger partial charge in [-0.3, -0.25) is 4.90 Å². The van der Waals surface area contributed by atoms with Crippen LogP contribution in [0.5, 0.6) is 0 Å². The van der Waals surface area contributed by atoms with Gasteiger partial charge in [0.1, 0.15) is 5.82 Å². The van der Waals surface area contributed by atoms with Gasteiger partial charge in [0, 0.05) is 38.8 Å². The van der Waals surface area contributed by atoms with Crippen LogP contribution in [0.3, 0.4) is 0 Å². The van der Waals surface area contributed by atoms with E-state index in [4.69, 9.17) is 5.73 Å². The minimum Gasteiger partial charge on any atom is -0.367 e. The second-order valence-corrected chi connectivity index (χ2v) is 6.18. The van der Waals surface area contributed by atoms with Crippen LogP contribution in [-0.2, 0) is 0 Å².